The number of anilines is 3. The lowest BCUT2D eigenvalue weighted by atomic mass is 9.88. The van der Waals surface area contributed by atoms with E-state index in [-0.39, 0.29) is 5.69 Å². The highest BCUT2D eigenvalue weighted by atomic mass is 19.2. The van der Waals surface area contributed by atoms with Crippen molar-refractivity contribution in [3.05, 3.63) is 175 Å². The molecule has 3 nitrogen and oxygen atoms in total. The maximum Gasteiger partial charge on any atom is 0.196 e. The summed E-state index contributed by atoms with van der Waals surface area (Å²) >= 11 is 0. The molecule has 0 aliphatic rings. The van der Waals surface area contributed by atoms with Gasteiger partial charge in [0, 0.05) is 28.1 Å². The molecule has 0 aliphatic heterocycles. The zero-order valence-corrected chi connectivity index (χ0v) is 27.9. The summed E-state index contributed by atoms with van der Waals surface area (Å²) in [5, 5.41) is 8.07. The van der Waals surface area contributed by atoms with Crippen LogP contribution >= 0.6 is 0 Å². The molecule has 52 heavy (non-hydrogen) atoms. The Kier molecular flexibility index (Phi) is 6.64. The lowest BCUT2D eigenvalue weighted by Gasteiger charge is -2.26. The van der Waals surface area contributed by atoms with Gasteiger partial charge in [0.05, 0.1) is 22.2 Å². The van der Waals surface area contributed by atoms with Crippen LogP contribution < -0.4 is 4.90 Å². The summed E-state index contributed by atoms with van der Waals surface area (Å²) in [5.41, 5.74) is 8.39. The predicted octanol–water partition coefficient (Wildman–Crippen LogP) is 12.9. The highest BCUT2D eigenvalue weighted by molar-refractivity contribution is 6.33. The van der Waals surface area contributed by atoms with Gasteiger partial charge in [-0.3, -0.25) is 4.98 Å². The highest BCUT2D eigenvalue weighted by Gasteiger charge is 2.23. The molecule has 0 bridgehead atoms. The van der Waals surface area contributed by atoms with E-state index in [1.165, 1.54) is 16.8 Å². The Hall–Kier alpha value is -6.66. The van der Waals surface area contributed by atoms with Gasteiger partial charge in [-0.1, -0.05) is 84.9 Å². The van der Waals surface area contributed by atoms with Gasteiger partial charge in [-0.2, -0.15) is 0 Å². The van der Waals surface area contributed by atoms with E-state index in [0.717, 1.165) is 72.1 Å². The molecule has 10 aromatic rings. The smallest absolute Gasteiger partial charge is 0.196 e. The number of para-hydroxylation sites is 2. The highest BCUT2D eigenvalue weighted by Crippen LogP contribution is 2.45. The van der Waals surface area contributed by atoms with Crippen LogP contribution in [0.25, 0.3) is 71.1 Å². The molecule has 10 rings (SSSR count). The van der Waals surface area contributed by atoms with Crippen molar-refractivity contribution in [1.82, 2.24) is 9.55 Å². The molecule has 0 atom stereocenters. The third-order valence-electron chi connectivity index (χ3n) is 10.2. The fourth-order valence-corrected chi connectivity index (χ4v) is 7.92. The average Bonchev–Trinajstić information content (AvgIpc) is 3.51. The summed E-state index contributed by atoms with van der Waals surface area (Å²) in [7, 11) is 0. The van der Waals surface area contributed by atoms with E-state index in [0.29, 0.717) is 11.4 Å². The van der Waals surface area contributed by atoms with Crippen LogP contribution in [0.3, 0.4) is 0 Å². The number of halogens is 3. The topological polar surface area (TPSA) is 21.1 Å². The van der Waals surface area contributed by atoms with Crippen LogP contribution in [0, 0.1) is 24.4 Å². The number of aryl methyl sites for hydroxylation is 1. The lowest BCUT2D eigenvalue weighted by molar-refractivity contribution is 0.448. The summed E-state index contributed by atoms with van der Waals surface area (Å²) in [5.74, 6) is -3.98. The van der Waals surface area contributed by atoms with E-state index >= 15 is 4.39 Å². The summed E-state index contributed by atoms with van der Waals surface area (Å²) < 4.78 is 45.9. The molecule has 8 aromatic carbocycles. The van der Waals surface area contributed by atoms with E-state index in [1.54, 1.807) is 17.0 Å². The number of nitrogens with zero attached hydrogens (tertiary/aromatic N) is 3. The van der Waals surface area contributed by atoms with Crippen LogP contribution in [0.2, 0.25) is 0 Å². The Morgan fingerprint density at radius 1 is 0.538 bits per heavy atom. The van der Waals surface area contributed by atoms with Crippen LogP contribution in [0.4, 0.5) is 30.2 Å². The zero-order chi connectivity index (χ0) is 35.1. The second-order valence-corrected chi connectivity index (χ2v) is 13.2. The average molecular weight is 680 g/mol. The zero-order valence-electron chi connectivity index (χ0n) is 27.9. The fourth-order valence-electron chi connectivity index (χ4n) is 7.92. The van der Waals surface area contributed by atoms with Crippen molar-refractivity contribution < 1.29 is 13.2 Å². The quantitative estimate of drug-likeness (QED) is 0.133. The summed E-state index contributed by atoms with van der Waals surface area (Å²) in [6.45, 7) is 2.03. The Morgan fingerprint density at radius 3 is 2.00 bits per heavy atom. The Balaban J connectivity index is 1.17. The molecule has 0 aliphatic carbocycles. The molecule has 0 unspecified atom stereocenters. The number of pyridine rings is 1. The molecule has 0 saturated heterocycles. The van der Waals surface area contributed by atoms with Crippen LogP contribution in [0.5, 0.6) is 0 Å². The largest absolute Gasteiger partial charge is 0.308 e. The van der Waals surface area contributed by atoms with Gasteiger partial charge < -0.3 is 9.47 Å². The second-order valence-electron chi connectivity index (χ2n) is 13.2. The number of rotatable bonds is 5. The molecule has 0 fully saturated rings. The minimum Gasteiger partial charge on any atom is -0.308 e. The van der Waals surface area contributed by atoms with Gasteiger partial charge >= 0.3 is 0 Å². The number of aromatic nitrogens is 2. The first-order valence-electron chi connectivity index (χ1n) is 17.1. The van der Waals surface area contributed by atoms with Crippen molar-refractivity contribution in [2.24, 2.45) is 0 Å². The molecular weight excluding hydrogens is 652 g/mol. The van der Waals surface area contributed by atoms with E-state index in [4.69, 9.17) is 4.98 Å². The van der Waals surface area contributed by atoms with E-state index in [9.17, 15) is 8.78 Å². The molecule has 0 spiro atoms. The van der Waals surface area contributed by atoms with Crippen LogP contribution in [-0.2, 0) is 0 Å². The first kappa shape index (κ1) is 30.2. The van der Waals surface area contributed by atoms with Gasteiger partial charge in [-0.25, -0.2) is 13.2 Å². The van der Waals surface area contributed by atoms with Gasteiger partial charge in [-0.05, 0) is 117 Å². The van der Waals surface area contributed by atoms with Crippen molar-refractivity contribution in [3.63, 3.8) is 0 Å². The summed E-state index contributed by atoms with van der Waals surface area (Å²) in [6, 6.07) is 49.2. The van der Waals surface area contributed by atoms with Crippen LogP contribution in [0.15, 0.2) is 152 Å². The third-order valence-corrected chi connectivity index (χ3v) is 10.2. The third kappa shape index (κ3) is 4.44. The maximum absolute atomic E-state index is 15.2. The van der Waals surface area contributed by atoms with Gasteiger partial charge in [0.25, 0.3) is 0 Å². The van der Waals surface area contributed by atoms with Crippen molar-refractivity contribution in [1.29, 1.82) is 0 Å². The minimum absolute atomic E-state index is 0.0785. The predicted molar refractivity (Wildman–Crippen MR) is 207 cm³/mol. The van der Waals surface area contributed by atoms with Gasteiger partial charge in [0.15, 0.2) is 17.5 Å². The molecular formula is C46H28F3N3. The first-order valence-corrected chi connectivity index (χ1v) is 17.1. The molecule has 6 heteroatoms. The number of benzene rings is 8. The summed E-state index contributed by atoms with van der Waals surface area (Å²) in [4.78, 5) is 6.69. The van der Waals surface area contributed by atoms with Gasteiger partial charge in [0.1, 0.15) is 0 Å². The molecule has 0 N–H and O–H groups in total. The molecule has 0 amide bonds. The van der Waals surface area contributed by atoms with E-state index in [2.05, 4.69) is 83.4 Å². The van der Waals surface area contributed by atoms with Crippen molar-refractivity contribution in [3.8, 4) is 16.8 Å². The molecule has 2 aromatic heterocycles. The van der Waals surface area contributed by atoms with Crippen molar-refractivity contribution >= 4 is 71.3 Å². The number of hydrogen-bond donors (Lipinski definition) is 0. The van der Waals surface area contributed by atoms with Crippen LogP contribution in [0.1, 0.15) is 5.69 Å². The standard InChI is InChI=1S/C46H28F3N3/c1-27-12-24-39-46(50-27)43-36-22-16-29-15-20-34(35-21-17-30(42(36)41(29)35)26-40(43)52(39)32-10-6-3-7-11-32)28-13-18-33(19-14-28)51(31-8-4-2-5-9-31)38-25-23-37(47)44(48)45(38)49/h2-26H,1H3. The Labute approximate surface area is 296 Å². The van der Waals surface area contributed by atoms with E-state index < -0.39 is 17.5 Å². The minimum atomic E-state index is -1.50. The van der Waals surface area contributed by atoms with Crippen molar-refractivity contribution in [2.75, 3.05) is 4.90 Å². The number of fused-ring (bicyclic) bond motifs is 4. The SMILES string of the molecule is Cc1ccc2c(n1)c1c3ccc4ccc(-c5ccc(N(c6ccccc6)c6ccc(F)c(F)c6F)cc5)c5ccc(cc1n2-c1ccccc1)c3c45. The van der Waals surface area contributed by atoms with Gasteiger partial charge in [-0.15, -0.1) is 0 Å². The first-order chi connectivity index (χ1) is 25.5. The number of hydrogen-bond acceptors (Lipinski definition) is 2. The molecule has 0 radical (unpaired) electrons. The molecule has 2 heterocycles. The molecule has 0 saturated carbocycles. The molecule has 248 valence electrons. The Morgan fingerprint density at radius 2 is 1.21 bits per heavy atom. The maximum atomic E-state index is 15.2. The van der Waals surface area contributed by atoms with Gasteiger partial charge in [0.2, 0.25) is 0 Å². The summed E-state index contributed by atoms with van der Waals surface area (Å²) in [6.07, 6.45) is 0. The fraction of sp³-hybridized carbons (Fsp3) is 0.0217. The second kappa shape index (κ2) is 11.4. The van der Waals surface area contributed by atoms with Crippen LogP contribution in [-0.4, -0.2) is 9.55 Å². The van der Waals surface area contributed by atoms with E-state index in [1.807, 2.05) is 55.5 Å². The normalized spacial score (nSPS) is 11.8. The monoisotopic (exact) mass is 679 g/mol. The Bertz CT molecular complexity index is 2990. The van der Waals surface area contributed by atoms with Crippen molar-refractivity contribution in [2.45, 2.75) is 6.92 Å². The lowest BCUT2D eigenvalue weighted by Crippen LogP contribution is -2.13.